The number of hydrogen-bond donors (Lipinski definition) is 1. The summed E-state index contributed by atoms with van der Waals surface area (Å²) in [6, 6.07) is 9.80. The van der Waals surface area contributed by atoms with Gasteiger partial charge in [0, 0.05) is 17.8 Å². The molecule has 28 heavy (non-hydrogen) atoms. The summed E-state index contributed by atoms with van der Waals surface area (Å²) in [6.07, 6.45) is 5.04. The Morgan fingerprint density at radius 2 is 1.96 bits per heavy atom. The molecule has 0 fully saturated rings. The zero-order chi connectivity index (χ0) is 19.3. The van der Waals surface area contributed by atoms with Crippen LogP contribution in [0.2, 0.25) is 0 Å². The third-order valence-electron chi connectivity index (χ3n) is 4.06. The van der Waals surface area contributed by atoms with Gasteiger partial charge in [0.25, 0.3) is 0 Å². The van der Waals surface area contributed by atoms with Crippen LogP contribution in [0.1, 0.15) is 22.3 Å². The van der Waals surface area contributed by atoms with Crippen molar-refractivity contribution in [2.24, 2.45) is 5.73 Å². The molecule has 142 valence electrons. The van der Waals surface area contributed by atoms with E-state index in [1.165, 1.54) is 0 Å². The minimum Gasteiger partial charge on any atom is -0.375 e. The monoisotopic (exact) mass is 409 g/mol. The fraction of sp³-hybridized carbons (Fsp3) is 0.200. The Hall–Kier alpha value is -2.52. The molecular weight excluding hydrogens is 390 g/mol. The van der Waals surface area contributed by atoms with Crippen LogP contribution in [-0.4, -0.2) is 26.5 Å². The molecule has 4 aromatic rings. The fourth-order valence-corrected chi connectivity index (χ4v) is 4.52. The highest BCUT2D eigenvalue weighted by molar-refractivity contribution is 7.18. The topological polar surface area (TPSA) is 86.8 Å². The van der Waals surface area contributed by atoms with Gasteiger partial charge in [0.15, 0.2) is 0 Å². The van der Waals surface area contributed by atoms with Gasteiger partial charge in [0.2, 0.25) is 0 Å². The van der Waals surface area contributed by atoms with E-state index >= 15 is 0 Å². The summed E-state index contributed by atoms with van der Waals surface area (Å²) in [5, 5.41) is 3.72. The number of nitrogens with zero attached hydrogens (tertiary/aromatic N) is 4. The van der Waals surface area contributed by atoms with Crippen LogP contribution in [0.5, 0.6) is 0 Å². The lowest BCUT2D eigenvalue weighted by Gasteiger charge is -2.09. The zero-order valence-electron chi connectivity index (χ0n) is 15.3. The van der Waals surface area contributed by atoms with Crippen molar-refractivity contribution in [1.29, 1.82) is 0 Å². The van der Waals surface area contributed by atoms with Crippen molar-refractivity contribution in [1.82, 2.24) is 19.9 Å². The van der Waals surface area contributed by atoms with Crippen LogP contribution in [0.4, 0.5) is 0 Å². The summed E-state index contributed by atoms with van der Waals surface area (Å²) in [7, 11) is 0. The highest BCUT2D eigenvalue weighted by Crippen LogP contribution is 2.35. The molecule has 3 aromatic heterocycles. The first-order valence-corrected chi connectivity index (χ1v) is 10.5. The van der Waals surface area contributed by atoms with Crippen LogP contribution in [0.15, 0.2) is 54.3 Å². The van der Waals surface area contributed by atoms with Crippen molar-refractivity contribution in [3.63, 3.8) is 0 Å². The standard InChI is InChI=1S/C20H19N5OS2/c1-13-18(28-20(24-13)16-9-22-7-8-23-16)17-12-27-19(25-17)15(21)11-26-10-14-5-3-2-4-6-14/h2-9,12,15H,10-11,21H2,1H3. The summed E-state index contributed by atoms with van der Waals surface area (Å²) >= 11 is 3.11. The lowest BCUT2D eigenvalue weighted by atomic mass is 10.2. The van der Waals surface area contributed by atoms with Crippen LogP contribution in [0.25, 0.3) is 21.3 Å². The summed E-state index contributed by atoms with van der Waals surface area (Å²) in [5.74, 6) is 0. The second-order valence-electron chi connectivity index (χ2n) is 6.20. The second kappa shape index (κ2) is 8.66. The van der Waals surface area contributed by atoms with Gasteiger partial charge in [-0.1, -0.05) is 30.3 Å². The first kappa shape index (κ1) is 18.8. The smallest absolute Gasteiger partial charge is 0.144 e. The zero-order valence-corrected chi connectivity index (χ0v) is 16.9. The third-order valence-corrected chi connectivity index (χ3v) is 6.24. The van der Waals surface area contributed by atoms with Gasteiger partial charge >= 0.3 is 0 Å². The highest BCUT2D eigenvalue weighted by atomic mass is 32.1. The van der Waals surface area contributed by atoms with Gasteiger partial charge in [-0.2, -0.15) is 0 Å². The predicted octanol–water partition coefficient (Wildman–Crippen LogP) is 4.25. The summed E-state index contributed by atoms with van der Waals surface area (Å²) in [5.41, 5.74) is 9.99. The summed E-state index contributed by atoms with van der Waals surface area (Å²) < 4.78 is 5.75. The van der Waals surface area contributed by atoms with E-state index in [1.54, 1.807) is 41.3 Å². The van der Waals surface area contributed by atoms with E-state index in [0.717, 1.165) is 37.5 Å². The molecule has 1 aromatic carbocycles. The maximum atomic E-state index is 6.28. The number of aromatic nitrogens is 4. The molecule has 0 bridgehead atoms. The maximum absolute atomic E-state index is 6.28. The van der Waals surface area contributed by atoms with Gasteiger partial charge in [-0.05, 0) is 12.5 Å². The summed E-state index contributed by atoms with van der Waals surface area (Å²) in [6.45, 7) is 2.95. The molecule has 0 amide bonds. The van der Waals surface area contributed by atoms with Crippen molar-refractivity contribution >= 4 is 22.7 Å². The Kier molecular flexibility index (Phi) is 5.82. The molecule has 1 atom stereocenters. The normalized spacial score (nSPS) is 12.2. The average molecular weight is 410 g/mol. The van der Waals surface area contributed by atoms with E-state index in [9.17, 15) is 0 Å². The van der Waals surface area contributed by atoms with E-state index in [2.05, 4.69) is 15.0 Å². The van der Waals surface area contributed by atoms with Gasteiger partial charge in [-0.15, -0.1) is 22.7 Å². The SMILES string of the molecule is Cc1nc(-c2cnccn2)sc1-c1csc(C(N)COCc2ccccc2)n1. The Morgan fingerprint density at radius 3 is 2.75 bits per heavy atom. The first-order chi connectivity index (χ1) is 13.7. The quantitative estimate of drug-likeness (QED) is 0.491. The van der Waals surface area contributed by atoms with Crippen LogP contribution in [0, 0.1) is 6.92 Å². The molecule has 0 saturated carbocycles. The molecule has 0 saturated heterocycles. The molecule has 0 aliphatic carbocycles. The van der Waals surface area contributed by atoms with Gasteiger partial charge in [0.1, 0.15) is 15.7 Å². The lowest BCUT2D eigenvalue weighted by molar-refractivity contribution is 0.108. The van der Waals surface area contributed by atoms with Gasteiger partial charge < -0.3 is 10.5 Å². The van der Waals surface area contributed by atoms with E-state index in [-0.39, 0.29) is 6.04 Å². The van der Waals surface area contributed by atoms with Crippen molar-refractivity contribution in [3.8, 4) is 21.3 Å². The lowest BCUT2D eigenvalue weighted by Crippen LogP contribution is -2.16. The predicted molar refractivity (Wildman–Crippen MR) is 112 cm³/mol. The van der Waals surface area contributed by atoms with E-state index in [1.807, 2.05) is 42.6 Å². The largest absolute Gasteiger partial charge is 0.375 e. The number of aryl methyl sites for hydroxylation is 1. The number of benzene rings is 1. The first-order valence-electron chi connectivity index (χ1n) is 8.77. The van der Waals surface area contributed by atoms with Gasteiger partial charge in [-0.25, -0.2) is 9.97 Å². The fourth-order valence-electron chi connectivity index (χ4n) is 2.66. The van der Waals surface area contributed by atoms with Crippen molar-refractivity contribution in [2.75, 3.05) is 6.61 Å². The minimum atomic E-state index is -0.254. The molecule has 0 aliphatic heterocycles. The second-order valence-corrected chi connectivity index (χ2v) is 8.09. The molecule has 0 aliphatic rings. The maximum Gasteiger partial charge on any atom is 0.144 e. The number of ether oxygens (including phenoxy) is 1. The van der Waals surface area contributed by atoms with Gasteiger partial charge in [-0.3, -0.25) is 9.97 Å². The number of thiazole rings is 2. The minimum absolute atomic E-state index is 0.254. The Bertz CT molecular complexity index is 1030. The molecule has 4 rings (SSSR count). The van der Waals surface area contributed by atoms with E-state index in [4.69, 9.17) is 15.5 Å². The Balaban J connectivity index is 1.43. The van der Waals surface area contributed by atoms with Crippen molar-refractivity contribution < 1.29 is 4.74 Å². The van der Waals surface area contributed by atoms with Gasteiger partial charge in [0.05, 0.1) is 41.7 Å². The average Bonchev–Trinajstić information content (AvgIpc) is 3.36. The number of nitrogens with two attached hydrogens (primary N) is 1. The molecule has 0 spiro atoms. The molecule has 0 radical (unpaired) electrons. The third kappa shape index (κ3) is 4.31. The number of rotatable bonds is 7. The Morgan fingerprint density at radius 1 is 1.11 bits per heavy atom. The molecule has 6 nitrogen and oxygen atoms in total. The summed E-state index contributed by atoms with van der Waals surface area (Å²) in [4.78, 5) is 18.8. The molecule has 8 heteroatoms. The van der Waals surface area contributed by atoms with Crippen LogP contribution >= 0.6 is 22.7 Å². The highest BCUT2D eigenvalue weighted by Gasteiger charge is 2.17. The van der Waals surface area contributed by atoms with E-state index < -0.39 is 0 Å². The molecular formula is C20H19N5OS2. The molecule has 2 N–H and O–H groups in total. The Labute approximate surface area is 171 Å². The molecule has 3 heterocycles. The van der Waals surface area contributed by atoms with Crippen molar-refractivity contribution in [2.45, 2.75) is 19.6 Å². The van der Waals surface area contributed by atoms with Crippen molar-refractivity contribution in [3.05, 3.63) is 70.6 Å². The molecule has 1 unspecified atom stereocenters. The van der Waals surface area contributed by atoms with Crippen LogP contribution in [-0.2, 0) is 11.3 Å². The van der Waals surface area contributed by atoms with Crippen LogP contribution < -0.4 is 5.73 Å². The van der Waals surface area contributed by atoms with Crippen LogP contribution in [0.3, 0.4) is 0 Å². The van der Waals surface area contributed by atoms with E-state index in [0.29, 0.717) is 13.2 Å². The number of hydrogen-bond acceptors (Lipinski definition) is 8.